The Morgan fingerprint density at radius 3 is 2.76 bits per heavy atom. The van der Waals surface area contributed by atoms with E-state index in [4.69, 9.17) is 19.9 Å². The molecule has 8 heteroatoms. The molecule has 0 bridgehead atoms. The van der Waals surface area contributed by atoms with E-state index in [0.29, 0.717) is 17.1 Å². The molecule has 1 atom stereocenters. The first-order valence-corrected chi connectivity index (χ1v) is 6.14. The predicted molar refractivity (Wildman–Crippen MR) is 69.6 cm³/mol. The Bertz CT molecular complexity index is 586. The molecule has 8 nitrogen and oxygen atoms in total. The fraction of sp³-hybridized carbons (Fsp3) is 0.308. The molecule has 1 heterocycles. The smallest absolute Gasteiger partial charge is 0.326 e. The molecule has 1 aromatic carbocycles. The average molecular weight is 294 g/mol. The quantitative estimate of drug-likeness (QED) is 0.711. The number of amides is 2. The normalized spacial score (nSPS) is 13.4. The molecule has 0 spiro atoms. The van der Waals surface area contributed by atoms with E-state index in [2.05, 4.69) is 5.32 Å². The Hall–Kier alpha value is -2.77. The fourth-order valence-corrected chi connectivity index (χ4v) is 1.59. The second kappa shape index (κ2) is 6.12. The molecule has 0 fully saturated rings. The zero-order chi connectivity index (χ0) is 15.4. The highest BCUT2D eigenvalue weighted by Crippen LogP contribution is 2.32. The lowest BCUT2D eigenvalue weighted by Crippen LogP contribution is -2.36. The summed E-state index contributed by atoms with van der Waals surface area (Å²) >= 11 is 0. The first-order chi connectivity index (χ1) is 9.97. The van der Waals surface area contributed by atoms with E-state index in [9.17, 15) is 14.4 Å². The predicted octanol–water partition coefficient (Wildman–Crippen LogP) is -0.438. The average Bonchev–Trinajstić information content (AvgIpc) is 2.91. The summed E-state index contributed by atoms with van der Waals surface area (Å²) in [5.74, 6) is -0.966. The van der Waals surface area contributed by atoms with Gasteiger partial charge in [-0.2, -0.15) is 0 Å². The third-order valence-corrected chi connectivity index (χ3v) is 2.74. The number of rotatable bonds is 5. The fourth-order valence-electron chi connectivity index (χ4n) is 1.59. The number of nitrogens with two attached hydrogens (primary N) is 1. The van der Waals surface area contributed by atoms with Crippen molar-refractivity contribution in [2.24, 2.45) is 5.73 Å². The lowest BCUT2D eigenvalue weighted by molar-refractivity contribution is -0.152. The minimum atomic E-state index is -1.04. The number of esters is 1. The van der Waals surface area contributed by atoms with Gasteiger partial charge in [0.25, 0.3) is 11.8 Å². The van der Waals surface area contributed by atoms with Crippen LogP contribution in [-0.2, 0) is 14.3 Å². The van der Waals surface area contributed by atoms with E-state index in [0.717, 1.165) is 0 Å². The number of nitrogens with one attached hydrogen (secondary N) is 1. The summed E-state index contributed by atoms with van der Waals surface area (Å²) in [5, 5.41) is 2.37. The number of hydrogen-bond donors (Lipinski definition) is 2. The minimum absolute atomic E-state index is 0.109. The first kappa shape index (κ1) is 14.6. The summed E-state index contributed by atoms with van der Waals surface area (Å²) in [4.78, 5) is 34.0. The summed E-state index contributed by atoms with van der Waals surface area (Å²) in [6, 6.07) is 4.65. The molecule has 3 N–H and O–H groups in total. The summed E-state index contributed by atoms with van der Waals surface area (Å²) in [7, 11) is 0. The highest BCUT2D eigenvalue weighted by Gasteiger charge is 2.18. The van der Waals surface area contributed by atoms with E-state index in [1.807, 2.05) is 0 Å². The van der Waals surface area contributed by atoms with Crippen LogP contribution in [0.5, 0.6) is 11.5 Å². The number of carbonyl (C=O) groups excluding carboxylic acids is 3. The summed E-state index contributed by atoms with van der Waals surface area (Å²) < 4.78 is 15.0. The molecule has 0 aliphatic carbocycles. The molecule has 0 aromatic heterocycles. The van der Waals surface area contributed by atoms with Crippen LogP contribution in [0.4, 0.5) is 0 Å². The zero-order valence-corrected chi connectivity index (χ0v) is 11.3. The van der Waals surface area contributed by atoms with Crippen LogP contribution < -0.4 is 20.5 Å². The SMILES string of the molecule is C[C@@H](OC(=O)CNC(=O)c1ccc2c(c1)OCO2)C(N)=O. The summed E-state index contributed by atoms with van der Waals surface area (Å²) in [5.41, 5.74) is 5.27. The van der Waals surface area contributed by atoms with Gasteiger partial charge in [0.2, 0.25) is 6.79 Å². The third kappa shape index (κ3) is 3.62. The zero-order valence-electron chi connectivity index (χ0n) is 11.3. The maximum Gasteiger partial charge on any atom is 0.326 e. The topological polar surface area (TPSA) is 117 Å². The number of fused-ring (bicyclic) bond motifs is 1. The Labute approximate surface area is 120 Å². The third-order valence-electron chi connectivity index (χ3n) is 2.74. The number of primary amides is 1. The van der Waals surface area contributed by atoms with Gasteiger partial charge in [-0.1, -0.05) is 0 Å². The van der Waals surface area contributed by atoms with Crippen molar-refractivity contribution in [3.05, 3.63) is 23.8 Å². The van der Waals surface area contributed by atoms with Gasteiger partial charge in [0.15, 0.2) is 17.6 Å². The van der Waals surface area contributed by atoms with E-state index in [1.54, 1.807) is 12.1 Å². The van der Waals surface area contributed by atoms with Crippen molar-refractivity contribution in [2.45, 2.75) is 13.0 Å². The van der Waals surface area contributed by atoms with E-state index in [-0.39, 0.29) is 13.3 Å². The largest absolute Gasteiger partial charge is 0.454 e. The van der Waals surface area contributed by atoms with Crippen LogP contribution in [0.1, 0.15) is 17.3 Å². The van der Waals surface area contributed by atoms with E-state index >= 15 is 0 Å². The lowest BCUT2D eigenvalue weighted by atomic mass is 10.2. The molecule has 2 rings (SSSR count). The van der Waals surface area contributed by atoms with Crippen LogP contribution >= 0.6 is 0 Å². The van der Waals surface area contributed by atoms with Crippen LogP contribution in [0.2, 0.25) is 0 Å². The van der Waals surface area contributed by atoms with Gasteiger partial charge in [0.1, 0.15) is 6.54 Å². The minimum Gasteiger partial charge on any atom is -0.454 e. The lowest BCUT2D eigenvalue weighted by Gasteiger charge is -2.10. The van der Waals surface area contributed by atoms with Gasteiger partial charge < -0.3 is 25.3 Å². The van der Waals surface area contributed by atoms with Crippen molar-refractivity contribution >= 4 is 17.8 Å². The summed E-state index contributed by atoms with van der Waals surface area (Å²) in [6.07, 6.45) is -1.04. The maximum atomic E-state index is 11.9. The Balaban J connectivity index is 1.87. The standard InChI is InChI=1S/C13H14N2O6/c1-7(12(14)17)21-11(16)5-15-13(18)8-2-3-9-10(4-8)20-6-19-9/h2-4,7H,5-6H2,1H3,(H2,14,17)(H,15,18)/t7-/m1/s1. The molecular weight excluding hydrogens is 280 g/mol. The Morgan fingerprint density at radius 2 is 2.05 bits per heavy atom. The highest BCUT2D eigenvalue weighted by atomic mass is 16.7. The van der Waals surface area contributed by atoms with E-state index < -0.39 is 23.9 Å². The Kier molecular flexibility index (Phi) is 4.27. The molecule has 0 radical (unpaired) electrons. The second-order valence-corrected chi connectivity index (χ2v) is 4.29. The molecule has 1 aliphatic heterocycles. The van der Waals surface area contributed by atoms with Gasteiger partial charge in [0.05, 0.1) is 0 Å². The molecule has 0 unspecified atom stereocenters. The number of ether oxygens (including phenoxy) is 3. The number of hydrogen-bond acceptors (Lipinski definition) is 6. The summed E-state index contributed by atoms with van der Waals surface area (Å²) in [6.45, 7) is 1.09. The second-order valence-electron chi connectivity index (χ2n) is 4.29. The van der Waals surface area contributed by atoms with Crippen molar-refractivity contribution in [3.63, 3.8) is 0 Å². The molecule has 0 saturated carbocycles. The van der Waals surface area contributed by atoms with Gasteiger partial charge in [-0.3, -0.25) is 14.4 Å². The van der Waals surface area contributed by atoms with Gasteiger partial charge >= 0.3 is 5.97 Å². The molecular formula is C13H14N2O6. The van der Waals surface area contributed by atoms with Crippen LogP contribution in [0.25, 0.3) is 0 Å². The number of benzene rings is 1. The van der Waals surface area contributed by atoms with Crippen LogP contribution in [0.15, 0.2) is 18.2 Å². The first-order valence-electron chi connectivity index (χ1n) is 6.14. The monoisotopic (exact) mass is 294 g/mol. The molecule has 1 aromatic rings. The molecule has 21 heavy (non-hydrogen) atoms. The number of carbonyl (C=O) groups is 3. The van der Waals surface area contributed by atoms with Gasteiger partial charge in [-0.15, -0.1) is 0 Å². The molecule has 0 saturated heterocycles. The van der Waals surface area contributed by atoms with Crippen LogP contribution in [0.3, 0.4) is 0 Å². The highest BCUT2D eigenvalue weighted by molar-refractivity contribution is 5.96. The maximum absolute atomic E-state index is 11.9. The van der Waals surface area contributed by atoms with Crippen molar-refractivity contribution < 1.29 is 28.6 Å². The Morgan fingerprint density at radius 1 is 1.33 bits per heavy atom. The van der Waals surface area contributed by atoms with Gasteiger partial charge in [-0.25, -0.2) is 0 Å². The molecule has 112 valence electrons. The molecule has 2 amide bonds. The van der Waals surface area contributed by atoms with Crippen LogP contribution in [-0.4, -0.2) is 37.2 Å². The van der Waals surface area contributed by atoms with E-state index in [1.165, 1.54) is 13.0 Å². The van der Waals surface area contributed by atoms with Gasteiger partial charge in [0, 0.05) is 5.56 Å². The van der Waals surface area contributed by atoms with Gasteiger partial charge in [-0.05, 0) is 25.1 Å². The molecule has 1 aliphatic rings. The van der Waals surface area contributed by atoms with Crippen molar-refractivity contribution in [2.75, 3.05) is 13.3 Å². The van der Waals surface area contributed by atoms with Crippen LogP contribution in [0, 0.1) is 0 Å². The van der Waals surface area contributed by atoms with Crippen molar-refractivity contribution in [1.82, 2.24) is 5.32 Å². The van der Waals surface area contributed by atoms with Crippen molar-refractivity contribution in [1.29, 1.82) is 0 Å². The van der Waals surface area contributed by atoms with Crippen molar-refractivity contribution in [3.8, 4) is 11.5 Å².